The summed E-state index contributed by atoms with van der Waals surface area (Å²) in [5.74, 6) is 14.1. The zero-order valence-corrected chi connectivity index (χ0v) is 55.4. The number of methoxy groups -OCH3 is 2. The number of aromatic nitrogens is 12. The number of nitrogens with one attached hydrogen (secondary N) is 6. The predicted molar refractivity (Wildman–Crippen MR) is 398 cm³/mol. The van der Waals surface area contributed by atoms with Crippen LogP contribution in [-0.4, -0.2) is 80.0 Å². The number of rotatable bonds is 4. The lowest BCUT2D eigenvalue weighted by Crippen LogP contribution is -2.15. The van der Waals surface area contributed by atoms with E-state index in [1.54, 1.807) is 7.11 Å². The first-order valence-electron chi connectivity index (χ1n) is 32.9. The van der Waals surface area contributed by atoms with Crippen molar-refractivity contribution in [3.05, 3.63) is 253 Å². The molecule has 15 heterocycles. The van der Waals surface area contributed by atoms with E-state index in [2.05, 4.69) is 191 Å². The summed E-state index contributed by atoms with van der Waals surface area (Å²) in [5.41, 5.74) is 27.1. The fraction of sp³-hybridized carbons (Fsp3) is 0.131. The first kappa shape index (κ1) is 59.9. The number of carbonyl (C=O) groups excluding carboxylic acids is 1. The Morgan fingerprint density at radius 2 is 0.848 bits per heavy atom. The normalized spacial score (nSPS) is 13.8. The summed E-state index contributed by atoms with van der Waals surface area (Å²) < 4.78 is 12.0. The number of esters is 1. The molecule has 0 atom stereocenters. The summed E-state index contributed by atoms with van der Waals surface area (Å²) in [6.45, 7) is 10.8. The van der Waals surface area contributed by atoms with Gasteiger partial charge in [-0.25, -0.2) is 24.7 Å². The highest BCUT2D eigenvalue weighted by Gasteiger charge is 2.34. The van der Waals surface area contributed by atoms with Gasteiger partial charge in [-0.15, -0.1) is 0 Å². The molecule has 11 aromatic rings. The van der Waals surface area contributed by atoms with Gasteiger partial charge in [0.25, 0.3) is 0 Å². The molecule has 6 N–H and O–H groups in total. The third-order valence-electron chi connectivity index (χ3n) is 18.9. The number of nitrogens with zero attached hydrogens (tertiary/aromatic N) is 6. The van der Waals surface area contributed by atoms with Crippen LogP contribution in [0.4, 0.5) is 0 Å². The summed E-state index contributed by atoms with van der Waals surface area (Å²) in [4.78, 5) is 66.7. The number of carbonyl (C=O) groups is 1. The maximum absolute atomic E-state index is 14.4. The zero-order chi connectivity index (χ0) is 67.3. The number of fused-ring (bicyclic) bond motifs is 24. The predicted octanol–water partition coefficient (Wildman–Crippen LogP) is 17.5. The van der Waals surface area contributed by atoms with Gasteiger partial charge in [0.05, 0.1) is 98.7 Å². The van der Waals surface area contributed by atoms with Gasteiger partial charge in [-0.1, -0.05) is 75.6 Å². The average Bonchev–Trinajstić information content (AvgIpc) is 1.61. The molecule has 99 heavy (non-hydrogen) atoms. The van der Waals surface area contributed by atoms with E-state index in [0.717, 1.165) is 168 Å². The molecule has 15 heteroatoms. The van der Waals surface area contributed by atoms with Crippen LogP contribution < -0.4 is 4.74 Å². The minimum atomic E-state index is -0.534. The van der Waals surface area contributed by atoms with E-state index in [1.165, 1.54) is 7.11 Å². The minimum Gasteiger partial charge on any atom is -0.493 e. The Morgan fingerprint density at radius 3 is 1.34 bits per heavy atom. The second-order valence-corrected chi connectivity index (χ2v) is 26.9. The highest BCUT2D eigenvalue weighted by Crippen LogP contribution is 2.41. The molecule has 24 bridgehead atoms. The molecule has 15 nitrogen and oxygen atoms in total. The maximum Gasteiger partial charge on any atom is 0.341 e. The van der Waals surface area contributed by atoms with Gasteiger partial charge < -0.3 is 39.4 Å². The van der Waals surface area contributed by atoms with Gasteiger partial charge in [-0.3, -0.25) is 9.97 Å². The summed E-state index contributed by atoms with van der Waals surface area (Å²) in [6.07, 6.45) is 17.4. The van der Waals surface area contributed by atoms with Crippen molar-refractivity contribution in [2.75, 3.05) is 14.2 Å². The van der Waals surface area contributed by atoms with Gasteiger partial charge in [0, 0.05) is 107 Å². The van der Waals surface area contributed by atoms with Crippen molar-refractivity contribution in [2.45, 2.75) is 58.3 Å². The van der Waals surface area contributed by atoms with Gasteiger partial charge in [-0.2, -0.15) is 0 Å². The highest BCUT2D eigenvalue weighted by molar-refractivity contribution is 6.04. The second kappa shape index (κ2) is 23.5. The summed E-state index contributed by atoms with van der Waals surface area (Å²) >= 11 is 0. The maximum atomic E-state index is 14.4. The Hall–Kier alpha value is -12.9. The molecular weight excluding hydrogens is 1230 g/mol. The number of aromatic amines is 6. The molecule has 9 aromatic heterocycles. The lowest BCUT2D eigenvalue weighted by molar-refractivity contribution is 0.0603. The molecule has 0 unspecified atom stereocenters. The lowest BCUT2D eigenvalue weighted by Gasteiger charge is -2.16. The number of hydrogen-bond acceptors (Lipinski definition) is 9. The molecule has 6 aliphatic heterocycles. The van der Waals surface area contributed by atoms with E-state index in [4.69, 9.17) is 39.4 Å². The average molecular weight is 1290 g/mol. The number of aryl methyl sites for hydroxylation is 1. The van der Waals surface area contributed by atoms with E-state index in [1.807, 2.05) is 97.1 Å². The van der Waals surface area contributed by atoms with Gasteiger partial charge in [0.15, 0.2) is 5.75 Å². The number of hydrogen-bond donors (Lipinski definition) is 6. The van der Waals surface area contributed by atoms with E-state index in [-0.39, 0.29) is 0 Å². The Morgan fingerprint density at radius 1 is 0.414 bits per heavy atom. The molecular formula is C84H64N12O3. The van der Waals surface area contributed by atoms with E-state index >= 15 is 0 Å². The highest BCUT2D eigenvalue weighted by atomic mass is 16.5. The number of H-pyrrole nitrogens is 6. The Kier molecular flexibility index (Phi) is 14.2. The zero-order valence-electron chi connectivity index (χ0n) is 55.4. The van der Waals surface area contributed by atoms with Crippen molar-refractivity contribution in [3.63, 3.8) is 0 Å². The van der Waals surface area contributed by atoms with E-state index in [0.29, 0.717) is 40.8 Å². The molecule has 0 saturated heterocycles. The third-order valence-corrected chi connectivity index (χ3v) is 18.9. The molecule has 0 spiro atoms. The molecule has 6 aliphatic rings. The van der Waals surface area contributed by atoms with Crippen molar-refractivity contribution < 1.29 is 14.3 Å². The number of benzene rings is 2. The molecule has 478 valence electrons. The number of ether oxygens (including phenoxy) is 2. The van der Waals surface area contributed by atoms with Gasteiger partial charge in [0.2, 0.25) is 0 Å². The molecule has 17 rings (SSSR count). The van der Waals surface area contributed by atoms with Gasteiger partial charge in [0.1, 0.15) is 5.56 Å². The van der Waals surface area contributed by atoms with Crippen molar-refractivity contribution >= 4 is 121 Å². The van der Waals surface area contributed by atoms with Crippen LogP contribution in [0, 0.1) is 30.6 Å². The van der Waals surface area contributed by atoms with Crippen molar-refractivity contribution in [1.29, 1.82) is 0 Å². The van der Waals surface area contributed by atoms with Crippen molar-refractivity contribution in [2.24, 2.45) is 0 Å². The molecule has 0 fully saturated rings. The molecule has 0 aliphatic carbocycles. The van der Waals surface area contributed by atoms with Crippen LogP contribution in [0.15, 0.2) is 152 Å². The second-order valence-electron chi connectivity index (χ2n) is 26.9. The topological polar surface area (TPSA) is 208 Å². The van der Waals surface area contributed by atoms with E-state index in [9.17, 15) is 4.79 Å². The molecule has 0 saturated carbocycles. The van der Waals surface area contributed by atoms with Crippen LogP contribution in [0.2, 0.25) is 0 Å². The van der Waals surface area contributed by atoms with Crippen LogP contribution >= 0.6 is 0 Å². The smallest absolute Gasteiger partial charge is 0.341 e. The van der Waals surface area contributed by atoms with Crippen molar-refractivity contribution in [3.8, 4) is 51.7 Å². The SMILES string of the molecule is COC(=O)c1c(C#Cc2ccc(-c3c4nc(cc5ccc(cc6nc(cc7ccc3[nH]7)C=C6)[nH]5)C=C4)cc2)c2cc3nc(c(OC)c4[nH]c(cc5nc(cc1[nH]2)CC5(C)C)c(C#Cc1ccc(-c2c5nc(cc6ccc(cc7nc(cc8ccc2[nH]8)C=C7)[nH]6)C=C5)cc1)c4C)CC3(C)C. The lowest BCUT2D eigenvalue weighted by atomic mass is 9.86. The third kappa shape index (κ3) is 11.4. The van der Waals surface area contributed by atoms with Crippen molar-refractivity contribution in [1.82, 2.24) is 59.8 Å². The van der Waals surface area contributed by atoms with Crippen LogP contribution in [0.5, 0.6) is 5.75 Å². The first-order chi connectivity index (χ1) is 48.1. The van der Waals surface area contributed by atoms with Gasteiger partial charge >= 0.3 is 5.97 Å². The Labute approximate surface area is 569 Å². The monoisotopic (exact) mass is 1290 g/mol. The quantitative estimate of drug-likeness (QED) is 0.0731. The summed E-state index contributed by atoms with van der Waals surface area (Å²) in [5, 5.41) is 0. The summed E-state index contributed by atoms with van der Waals surface area (Å²) in [7, 11) is 3.08. The fourth-order valence-electron chi connectivity index (χ4n) is 13.9. The fourth-order valence-corrected chi connectivity index (χ4v) is 13.9. The van der Waals surface area contributed by atoms with Crippen LogP contribution in [-0.2, 0) is 28.4 Å². The minimum absolute atomic E-state index is 0.301. The van der Waals surface area contributed by atoms with Crippen LogP contribution in [0.3, 0.4) is 0 Å². The first-order valence-corrected chi connectivity index (χ1v) is 32.9. The largest absolute Gasteiger partial charge is 0.493 e. The Balaban J connectivity index is 0.767. The standard InChI is InChI=1S/C84H64N12O3/c1-47-65(30-12-48-8-14-50(15-9-48)77-67-32-26-60(89-67)38-56-22-18-52(85-56)36-53-19-23-57(86-53)39-61-27-33-68(77)90-61)71-43-75-83(2,3)45-64(93-75)42-73-79(82(97)99-7)66(72(94-73)44-76-84(4,5)46-74(95-76)81(98-6)80(47)96-71)31-13-49-10-16-51(17-11-49)78-69-34-28-62(91-69)40-58-24-20-54(87-58)37-55-21-25-59(88-55)41-63-29-35-70(78)92-63/h8-11,14-29,32-44,85,87,90,92,94,96H,45-46H2,1-7H3. The summed E-state index contributed by atoms with van der Waals surface area (Å²) in [6, 6.07) is 51.3. The van der Waals surface area contributed by atoms with Crippen LogP contribution in [0.25, 0.3) is 137 Å². The molecule has 0 amide bonds. The molecule has 0 radical (unpaired) electrons. The van der Waals surface area contributed by atoms with Gasteiger partial charge in [-0.05, 0) is 200 Å². The molecule has 2 aromatic carbocycles. The van der Waals surface area contributed by atoms with Crippen LogP contribution in [0.1, 0.15) is 134 Å². The Bertz CT molecular complexity index is 6130. The van der Waals surface area contributed by atoms with E-state index < -0.39 is 16.8 Å².